The Morgan fingerprint density at radius 1 is 1.04 bits per heavy atom. The van der Waals surface area contributed by atoms with Crippen LogP contribution in [0.3, 0.4) is 0 Å². The van der Waals surface area contributed by atoms with Crippen LogP contribution in [0.1, 0.15) is 12.0 Å². The summed E-state index contributed by atoms with van der Waals surface area (Å²) in [6.07, 6.45) is -0.0930. The van der Waals surface area contributed by atoms with Crippen LogP contribution in [0.4, 0.5) is 0 Å². The van der Waals surface area contributed by atoms with Crippen LogP contribution in [0.15, 0.2) is 53.4 Å². The maximum atomic E-state index is 13.0. The zero-order valence-corrected chi connectivity index (χ0v) is 15.0. The van der Waals surface area contributed by atoms with Crippen LogP contribution in [0, 0.1) is 0 Å². The van der Waals surface area contributed by atoms with Crippen molar-refractivity contribution in [2.24, 2.45) is 5.73 Å². The SMILES string of the molecule is NC(=O)CCN(Cc1ccccc1)S(=O)(=O)c1cccc(Cl)c1Cl. The maximum Gasteiger partial charge on any atom is 0.244 e. The van der Waals surface area contributed by atoms with Gasteiger partial charge in [-0.25, -0.2) is 8.42 Å². The number of carbonyl (C=O) groups is 1. The van der Waals surface area contributed by atoms with E-state index in [2.05, 4.69) is 0 Å². The summed E-state index contributed by atoms with van der Waals surface area (Å²) in [7, 11) is -3.94. The van der Waals surface area contributed by atoms with Crippen molar-refractivity contribution in [2.75, 3.05) is 6.54 Å². The third-order valence-electron chi connectivity index (χ3n) is 3.34. The Balaban J connectivity index is 2.40. The average molecular weight is 387 g/mol. The Morgan fingerprint density at radius 2 is 1.71 bits per heavy atom. The zero-order valence-electron chi connectivity index (χ0n) is 12.7. The van der Waals surface area contributed by atoms with Gasteiger partial charge in [-0.1, -0.05) is 59.6 Å². The average Bonchev–Trinajstić information content (AvgIpc) is 2.54. The van der Waals surface area contributed by atoms with Gasteiger partial charge in [-0.3, -0.25) is 4.79 Å². The van der Waals surface area contributed by atoms with E-state index in [9.17, 15) is 13.2 Å². The molecule has 0 bridgehead atoms. The van der Waals surface area contributed by atoms with Crippen LogP contribution >= 0.6 is 23.2 Å². The topological polar surface area (TPSA) is 80.5 Å². The number of sulfonamides is 1. The second kappa shape index (κ2) is 7.98. The normalized spacial score (nSPS) is 11.6. The van der Waals surface area contributed by atoms with E-state index in [4.69, 9.17) is 28.9 Å². The molecule has 0 aliphatic carbocycles. The van der Waals surface area contributed by atoms with E-state index < -0.39 is 15.9 Å². The molecule has 2 aromatic rings. The lowest BCUT2D eigenvalue weighted by molar-refractivity contribution is -0.118. The molecule has 0 atom stereocenters. The third-order valence-corrected chi connectivity index (χ3v) is 6.16. The quantitative estimate of drug-likeness (QED) is 0.793. The zero-order chi connectivity index (χ0) is 17.7. The number of hydrogen-bond acceptors (Lipinski definition) is 3. The minimum absolute atomic E-state index is 0.0451. The fraction of sp³-hybridized carbons (Fsp3) is 0.188. The van der Waals surface area contributed by atoms with Gasteiger partial charge in [0.05, 0.1) is 10.0 Å². The Bertz CT molecular complexity index is 826. The fourth-order valence-corrected chi connectivity index (χ4v) is 4.29. The van der Waals surface area contributed by atoms with Crippen LogP contribution in [0.25, 0.3) is 0 Å². The Kier molecular flexibility index (Phi) is 6.23. The van der Waals surface area contributed by atoms with Gasteiger partial charge in [0.2, 0.25) is 15.9 Å². The van der Waals surface area contributed by atoms with E-state index in [1.165, 1.54) is 22.5 Å². The highest BCUT2D eigenvalue weighted by Gasteiger charge is 2.28. The molecule has 8 heteroatoms. The molecule has 24 heavy (non-hydrogen) atoms. The first-order valence-electron chi connectivity index (χ1n) is 7.09. The predicted molar refractivity (Wildman–Crippen MR) is 94.3 cm³/mol. The minimum Gasteiger partial charge on any atom is -0.370 e. The number of nitrogens with two attached hydrogens (primary N) is 1. The van der Waals surface area contributed by atoms with E-state index in [0.29, 0.717) is 0 Å². The molecular weight excluding hydrogens is 371 g/mol. The Morgan fingerprint density at radius 3 is 2.33 bits per heavy atom. The molecule has 2 rings (SSSR count). The van der Waals surface area contributed by atoms with Crippen molar-refractivity contribution in [3.8, 4) is 0 Å². The second-order valence-corrected chi connectivity index (χ2v) is 7.78. The van der Waals surface area contributed by atoms with Gasteiger partial charge in [0, 0.05) is 19.5 Å². The third kappa shape index (κ3) is 4.48. The van der Waals surface area contributed by atoms with E-state index >= 15 is 0 Å². The number of halogens is 2. The molecule has 128 valence electrons. The van der Waals surface area contributed by atoms with Crippen LogP contribution < -0.4 is 5.73 Å². The van der Waals surface area contributed by atoms with Crippen LogP contribution in [0.5, 0.6) is 0 Å². The van der Waals surface area contributed by atoms with Crippen molar-refractivity contribution in [3.05, 3.63) is 64.1 Å². The van der Waals surface area contributed by atoms with Crippen molar-refractivity contribution in [1.29, 1.82) is 0 Å². The van der Waals surface area contributed by atoms with Crippen molar-refractivity contribution >= 4 is 39.1 Å². The molecule has 2 aromatic carbocycles. The summed E-state index contributed by atoms with van der Waals surface area (Å²) in [5.41, 5.74) is 5.94. The largest absolute Gasteiger partial charge is 0.370 e. The lowest BCUT2D eigenvalue weighted by atomic mass is 10.2. The summed E-state index contributed by atoms with van der Waals surface area (Å²) in [6, 6.07) is 13.4. The standard InChI is InChI=1S/C16H16Cl2N2O3S/c17-13-7-4-8-14(16(13)18)24(22,23)20(10-9-15(19)21)11-12-5-2-1-3-6-12/h1-8H,9-11H2,(H2,19,21). The number of amides is 1. The van der Waals surface area contributed by atoms with Crippen LogP contribution in [0.2, 0.25) is 10.0 Å². The lowest BCUT2D eigenvalue weighted by Crippen LogP contribution is -2.33. The van der Waals surface area contributed by atoms with E-state index in [0.717, 1.165) is 5.56 Å². The van der Waals surface area contributed by atoms with Crippen LogP contribution in [-0.4, -0.2) is 25.2 Å². The molecule has 5 nitrogen and oxygen atoms in total. The summed E-state index contributed by atoms with van der Waals surface area (Å²) in [5, 5.41) is 0.101. The Hall–Kier alpha value is -1.60. The highest BCUT2D eigenvalue weighted by atomic mass is 35.5. The van der Waals surface area contributed by atoms with E-state index in [1.807, 2.05) is 6.07 Å². The van der Waals surface area contributed by atoms with Gasteiger partial charge in [0.25, 0.3) is 0 Å². The summed E-state index contributed by atoms with van der Waals surface area (Å²) in [4.78, 5) is 11.0. The van der Waals surface area contributed by atoms with E-state index in [1.54, 1.807) is 24.3 Å². The molecule has 0 saturated heterocycles. The maximum absolute atomic E-state index is 13.0. The first-order valence-corrected chi connectivity index (χ1v) is 9.28. The molecule has 1 amide bonds. The van der Waals surface area contributed by atoms with Gasteiger partial charge in [-0.2, -0.15) is 4.31 Å². The molecule has 0 saturated carbocycles. The summed E-state index contributed by atoms with van der Waals surface area (Å²) < 4.78 is 27.1. The molecule has 0 spiro atoms. The first-order chi connectivity index (χ1) is 11.3. The molecule has 0 aliphatic heterocycles. The number of hydrogen-bond donors (Lipinski definition) is 1. The summed E-state index contributed by atoms with van der Waals surface area (Å²) in [5.74, 6) is -0.583. The molecule has 0 unspecified atom stereocenters. The predicted octanol–water partition coefficient (Wildman–Crippen LogP) is 3.06. The van der Waals surface area contributed by atoms with Gasteiger partial charge in [-0.15, -0.1) is 0 Å². The minimum atomic E-state index is -3.94. The second-order valence-electron chi connectivity index (χ2n) is 5.09. The highest BCUT2D eigenvalue weighted by Crippen LogP contribution is 2.31. The summed E-state index contributed by atoms with van der Waals surface area (Å²) in [6.45, 7) is 0.0503. The van der Waals surface area contributed by atoms with Crippen molar-refractivity contribution in [2.45, 2.75) is 17.9 Å². The van der Waals surface area contributed by atoms with Gasteiger partial charge in [0.1, 0.15) is 4.90 Å². The monoisotopic (exact) mass is 386 g/mol. The number of rotatable bonds is 7. The highest BCUT2D eigenvalue weighted by molar-refractivity contribution is 7.89. The van der Waals surface area contributed by atoms with Crippen molar-refractivity contribution < 1.29 is 13.2 Å². The van der Waals surface area contributed by atoms with Crippen LogP contribution in [-0.2, 0) is 21.4 Å². The van der Waals surface area contributed by atoms with Crippen molar-refractivity contribution in [1.82, 2.24) is 4.31 Å². The molecular formula is C16H16Cl2N2O3S. The number of benzene rings is 2. The lowest BCUT2D eigenvalue weighted by Gasteiger charge is -2.22. The van der Waals surface area contributed by atoms with Gasteiger partial charge in [0.15, 0.2) is 0 Å². The summed E-state index contributed by atoms with van der Waals surface area (Å²) >= 11 is 12.0. The number of primary amides is 1. The number of carbonyl (C=O) groups excluding carboxylic acids is 1. The molecule has 0 fully saturated rings. The molecule has 2 N–H and O–H groups in total. The van der Waals surface area contributed by atoms with Crippen molar-refractivity contribution in [3.63, 3.8) is 0 Å². The number of nitrogens with zero attached hydrogens (tertiary/aromatic N) is 1. The van der Waals surface area contributed by atoms with Gasteiger partial charge in [-0.05, 0) is 17.7 Å². The molecule has 0 heterocycles. The first kappa shape index (κ1) is 18.7. The smallest absolute Gasteiger partial charge is 0.244 e. The molecule has 0 aliphatic rings. The fourth-order valence-electron chi connectivity index (χ4n) is 2.13. The molecule has 0 aromatic heterocycles. The van der Waals surface area contributed by atoms with Gasteiger partial charge >= 0.3 is 0 Å². The van der Waals surface area contributed by atoms with E-state index in [-0.39, 0.29) is 34.5 Å². The molecule has 0 radical (unpaired) electrons. The van der Waals surface area contributed by atoms with Gasteiger partial charge < -0.3 is 5.73 Å². The Labute approximate surface area is 151 Å².